The van der Waals surface area contributed by atoms with Gasteiger partial charge < -0.3 is 5.11 Å². The molecule has 10 atom stereocenters. The minimum atomic E-state index is -0.678. The Labute approximate surface area is 238 Å². The summed E-state index contributed by atoms with van der Waals surface area (Å²) in [6.45, 7) is 26.1. The average Bonchev–Trinajstić information content (AvgIpc) is 2.76. The summed E-state index contributed by atoms with van der Waals surface area (Å²) in [5.41, 5.74) is 1.73. The Morgan fingerprint density at radius 2 is 1.79 bits per heavy atom. The van der Waals surface area contributed by atoms with Gasteiger partial charge in [-0.15, -0.1) is 5.92 Å². The van der Waals surface area contributed by atoms with Crippen LogP contribution in [0.25, 0.3) is 0 Å². The fourth-order valence-corrected chi connectivity index (χ4v) is 10.3. The number of aliphatic hydroxyl groups excluding tert-OH is 1. The molecule has 0 amide bonds. The Bertz CT molecular complexity index is 1170. The number of allylic oxidation sites excluding steroid dienone is 4. The molecule has 2 fully saturated rings. The molecule has 39 heavy (non-hydrogen) atoms. The molecule has 1 N–H and O–H groups in total. The summed E-state index contributed by atoms with van der Waals surface area (Å²) in [5.74, 6) is 8.40. The molecule has 0 radical (unpaired) electrons. The molecule has 0 aromatic rings. The number of fused-ring (bicyclic) bond motifs is 3. The maximum absolute atomic E-state index is 14.2. The van der Waals surface area contributed by atoms with E-state index in [0.717, 1.165) is 31.3 Å². The van der Waals surface area contributed by atoms with Crippen LogP contribution in [0.3, 0.4) is 0 Å². The highest BCUT2D eigenvalue weighted by Gasteiger charge is 2.69. The highest BCUT2D eigenvalue weighted by Crippen LogP contribution is 2.71. The minimum Gasteiger partial charge on any atom is -0.392 e. The Balaban J connectivity index is 1.84. The van der Waals surface area contributed by atoms with E-state index in [0.29, 0.717) is 17.4 Å². The Kier molecular flexibility index (Phi) is 7.55. The lowest BCUT2D eigenvalue weighted by molar-refractivity contribution is -0.214. The number of rotatable bonds is 2. The SMILES string of the molecule is CC(=O)C1=C(C)CC2(C)CC3(C)CC4C(C#CCC(C)C)C=C(C(C)(C)C)C(C)C4C(O)C3C(C)C2(C)C1=O. The second-order valence-corrected chi connectivity index (χ2v) is 16.2. The molecule has 2 saturated carbocycles. The van der Waals surface area contributed by atoms with Crippen LogP contribution in [0.15, 0.2) is 22.8 Å². The van der Waals surface area contributed by atoms with E-state index in [9.17, 15) is 14.7 Å². The largest absolute Gasteiger partial charge is 0.392 e. The topological polar surface area (TPSA) is 54.4 Å². The number of aliphatic hydroxyl groups is 1. The average molecular weight is 535 g/mol. The van der Waals surface area contributed by atoms with Gasteiger partial charge in [-0.2, -0.15) is 0 Å². The molecule has 0 aromatic carbocycles. The van der Waals surface area contributed by atoms with Crippen LogP contribution in [-0.4, -0.2) is 22.8 Å². The molecular formula is C36H54O3. The number of hydrogen-bond acceptors (Lipinski definition) is 3. The monoisotopic (exact) mass is 534 g/mol. The van der Waals surface area contributed by atoms with Crippen molar-refractivity contribution in [3.05, 3.63) is 22.8 Å². The first-order valence-corrected chi connectivity index (χ1v) is 15.4. The summed E-state index contributed by atoms with van der Waals surface area (Å²) in [4.78, 5) is 26.8. The van der Waals surface area contributed by atoms with Crippen molar-refractivity contribution in [3.8, 4) is 11.8 Å². The molecule has 0 bridgehead atoms. The molecular weight excluding hydrogens is 480 g/mol. The van der Waals surface area contributed by atoms with Gasteiger partial charge in [0.1, 0.15) is 0 Å². The van der Waals surface area contributed by atoms with Gasteiger partial charge in [0, 0.05) is 17.8 Å². The Morgan fingerprint density at radius 3 is 2.33 bits per heavy atom. The van der Waals surface area contributed by atoms with Gasteiger partial charge >= 0.3 is 0 Å². The smallest absolute Gasteiger partial charge is 0.173 e. The predicted octanol–water partition coefficient (Wildman–Crippen LogP) is 7.82. The van der Waals surface area contributed by atoms with Crippen molar-refractivity contribution < 1.29 is 14.7 Å². The zero-order valence-electron chi connectivity index (χ0n) is 26.8. The number of ketones is 2. The first-order valence-electron chi connectivity index (χ1n) is 15.4. The number of carbonyl (C=O) groups is 2. The van der Waals surface area contributed by atoms with Crippen LogP contribution in [-0.2, 0) is 9.59 Å². The van der Waals surface area contributed by atoms with E-state index in [1.165, 1.54) is 12.5 Å². The molecule has 0 spiro atoms. The fraction of sp³-hybridized carbons (Fsp3) is 0.778. The maximum atomic E-state index is 14.2. The molecule has 3 nitrogen and oxygen atoms in total. The summed E-state index contributed by atoms with van der Waals surface area (Å²) in [6.07, 6.45) is 5.51. The molecule has 0 saturated heterocycles. The van der Waals surface area contributed by atoms with Crippen LogP contribution in [0.2, 0.25) is 0 Å². The third-order valence-electron chi connectivity index (χ3n) is 11.9. The maximum Gasteiger partial charge on any atom is 0.173 e. The van der Waals surface area contributed by atoms with Gasteiger partial charge in [-0.05, 0) is 84.9 Å². The summed E-state index contributed by atoms with van der Waals surface area (Å²) in [5, 5.41) is 12.5. The van der Waals surface area contributed by atoms with Crippen LogP contribution in [0.4, 0.5) is 0 Å². The zero-order chi connectivity index (χ0) is 29.5. The number of Topliss-reactive ketones (excluding diaryl/α,β-unsaturated/α-hetero) is 2. The van der Waals surface area contributed by atoms with E-state index in [1.54, 1.807) is 0 Å². The first-order chi connectivity index (χ1) is 17.8. The zero-order valence-corrected chi connectivity index (χ0v) is 26.8. The van der Waals surface area contributed by atoms with Crippen molar-refractivity contribution in [2.24, 2.45) is 63.1 Å². The van der Waals surface area contributed by atoms with E-state index in [1.807, 2.05) is 6.92 Å². The predicted molar refractivity (Wildman–Crippen MR) is 160 cm³/mol. The third kappa shape index (κ3) is 4.52. The van der Waals surface area contributed by atoms with Crippen LogP contribution in [0, 0.1) is 74.9 Å². The highest BCUT2D eigenvalue weighted by molar-refractivity contribution is 6.22. The van der Waals surface area contributed by atoms with Gasteiger partial charge in [0.2, 0.25) is 0 Å². The third-order valence-corrected chi connectivity index (χ3v) is 11.9. The van der Waals surface area contributed by atoms with E-state index in [2.05, 4.69) is 87.2 Å². The van der Waals surface area contributed by atoms with Gasteiger partial charge in [-0.25, -0.2) is 0 Å². The van der Waals surface area contributed by atoms with Crippen molar-refractivity contribution in [3.63, 3.8) is 0 Å². The Hall–Kier alpha value is -1.66. The summed E-state index contributed by atoms with van der Waals surface area (Å²) in [7, 11) is 0. The molecule has 4 aliphatic carbocycles. The van der Waals surface area contributed by atoms with Gasteiger partial charge in [0.15, 0.2) is 11.6 Å². The molecule has 0 aliphatic heterocycles. The molecule has 4 rings (SSSR count). The van der Waals surface area contributed by atoms with Crippen molar-refractivity contribution in [2.75, 3.05) is 0 Å². The lowest BCUT2D eigenvalue weighted by Crippen LogP contribution is -2.67. The fourth-order valence-electron chi connectivity index (χ4n) is 10.3. The summed E-state index contributed by atoms with van der Waals surface area (Å²) in [6, 6.07) is 0. The highest BCUT2D eigenvalue weighted by atomic mass is 16.3. The number of hydrogen-bond donors (Lipinski definition) is 1. The molecule has 4 aliphatic rings. The molecule has 216 valence electrons. The molecule has 3 heteroatoms. The van der Waals surface area contributed by atoms with Crippen molar-refractivity contribution in [1.82, 2.24) is 0 Å². The van der Waals surface area contributed by atoms with E-state index >= 15 is 0 Å². The lowest BCUT2D eigenvalue weighted by Gasteiger charge is -2.68. The van der Waals surface area contributed by atoms with Gasteiger partial charge in [0.05, 0.1) is 11.7 Å². The van der Waals surface area contributed by atoms with Gasteiger partial charge in [-0.1, -0.05) is 92.4 Å². The van der Waals surface area contributed by atoms with Crippen LogP contribution in [0.5, 0.6) is 0 Å². The normalized spacial score (nSPS) is 44.1. The van der Waals surface area contributed by atoms with Crippen LogP contribution < -0.4 is 0 Å². The molecule has 0 heterocycles. The minimum absolute atomic E-state index is 0.00145. The van der Waals surface area contributed by atoms with Crippen molar-refractivity contribution in [1.29, 1.82) is 0 Å². The van der Waals surface area contributed by atoms with E-state index in [4.69, 9.17) is 0 Å². The van der Waals surface area contributed by atoms with Crippen molar-refractivity contribution >= 4 is 11.6 Å². The standard InChI is InChI=1S/C36H54O3/c1-20(2)14-13-15-25-16-27(33(7,8)9)22(4)29-26(25)18-34(10)19-35(11)17-21(3)28(24(6)37)32(39)36(35,12)23(5)30(34)31(29)38/h16,20,22-23,25-26,29-31,38H,14,17-19H2,1-12H3. The molecule has 0 aromatic heterocycles. The van der Waals surface area contributed by atoms with Gasteiger partial charge in [0.25, 0.3) is 0 Å². The van der Waals surface area contributed by atoms with E-state index < -0.39 is 11.5 Å². The Morgan fingerprint density at radius 1 is 1.18 bits per heavy atom. The van der Waals surface area contributed by atoms with Crippen LogP contribution >= 0.6 is 0 Å². The second-order valence-electron chi connectivity index (χ2n) is 16.2. The second kappa shape index (κ2) is 9.72. The summed E-state index contributed by atoms with van der Waals surface area (Å²) < 4.78 is 0. The lowest BCUT2D eigenvalue weighted by atomic mass is 9.35. The summed E-state index contributed by atoms with van der Waals surface area (Å²) >= 11 is 0. The van der Waals surface area contributed by atoms with Crippen molar-refractivity contribution in [2.45, 2.75) is 115 Å². The first kappa shape index (κ1) is 30.3. The molecule has 10 unspecified atom stereocenters. The van der Waals surface area contributed by atoms with E-state index in [-0.39, 0.29) is 57.4 Å². The quantitative estimate of drug-likeness (QED) is 0.223. The number of carbonyl (C=O) groups excluding carboxylic acids is 2. The van der Waals surface area contributed by atoms with Crippen LogP contribution in [0.1, 0.15) is 109 Å². The van der Waals surface area contributed by atoms with Gasteiger partial charge in [-0.3, -0.25) is 9.59 Å².